The van der Waals surface area contributed by atoms with Crippen molar-refractivity contribution in [1.82, 2.24) is 44.7 Å². The zero-order chi connectivity index (χ0) is 80.1. The summed E-state index contributed by atoms with van der Waals surface area (Å²) in [6.45, 7) is 7.88. The fourth-order valence-corrected chi connectivity index (χ4v) is 13.3. The number of hydrogen-bond acceptors (Lipinski definition) is 18. The molecule has 600 valence electrons. The Morgan fingerprint density at radius 3 is 0.838 bits per heavy atom. The number of nitrogens with zero attached hydrogens (tertiary/aromatic N) is 9. The van der Waals surface area contributed by atoms with Gasteiger partial charge >= 0.3 is 0 Å². The Bertz CT molecular complexity index is 4140. The minimum atomic E-state index is -1.16. The Labute approximate surface area is 631 Å². The van der Waals surface area contributed by atoms with E-state index in [4.69, 9.17) is 28.4 Å². The maximum atomic E-state index is 14.0. The van der Waals surface area contributed by atoms with Crippen LogP contribution in [0.25, 0.3) is 0 Å². The Hall–Kier alpha value is -10.6. The Morgan fingerprint density at radius 1 is 0.378 bits per heavy atom. The van der Waals surface area contributed by atoms with Gasteiger partial charge in [-0.25, -0.2) is 39.5 Å². The van der Waals surface area contributed by atoms with Crippen molar-refractivity contribution in [2.45, 2.75) is 136 Å². The van der Waals surface area contributed by atoms with Gasteiger partial charge in [0.05, 0.1) is 38.1 Å². The van der Waals surface area contributed by atoms with E-state index in [9.17, 15) is 82.7 Å². The lowest BCUT2D eigenvalue weighted by molar-refractivity contribution is 0.0466. The molecular formula is C75H87F9N12O15. The van der Waals surface area contributed by atoms with Crippen LogP contribution in [0.5, 0.6) is 17.2 Å². The van der Waals surface area contributed by atoms with E-state index in [1.807, 2.05) is 35.8 Å². The van der Waals surface area contributed by atoms with Crippen LogP contribution in [0.1, 0.15) is 177 Å². The highest BCUT2D eigenvalue weighted by molar-refractivity contribution is 6.01. The molecule has 6 bridgehead atoms. The lowest BCUT2D eigenvalue weighted by Crippen LogP contribution is -2.57. The average Bonchev–Trinajstić information content (AvgIpc) is 0.760. The van der Waals surface area contributed by atoms with E-state index in [0.717, 1.165) is 19.3 Å². The quantitative estimate of drug-likeness (QED) is 0.0388. The second-order valence-corrected chi connectivity index (χ2v) is 27.0. The number of halogens is 9. The Kier molecular flexibility index (Phi) is 27.9. The highest BCUT2D eigenvalue weighted by atomic mass is 19.2. The van der Waals surface area contributed by atoms with Crippen LogP contribution in [0.3, 0.4) is 0 Å². The van der Waals surface area contributed by atoms with Crippen LogP contribution < -0.4 is 61.5 Å². The maximum Gasteiger partial charge on any atom is 0.277 e. The third-order valence-corrected chi connectivity index (χ3v) is 19.7. The molecule has 3 aromatic heterocycles. The van der Waals surface area contributed by atoms with Crippen molar-refractivity contribution in [1.29, 1.82) is 0 Å². The molecule has 3 aromatic carbocycles. The van der Waals surface area contributed by atoms with Crippen molar-refractivity contribution >= 4 is 35.4 Å². The van der Waals surface area contributed by atoms with Crippen molar-refractivity contribution in [3.63, 3.8) is 0 Å². The molecule has 6 aliphatic heterocycles. The first kappa shape index (κ1) is 82.9. The van der Waals surface area contributed by atoms with Gasteiger partial charge in [0.15, 0.2) is 34.3 Å². The predicted octanol–water partition coefficient (Wildman–Crippen LogP) is 7.60. The van der Waals surface area contributed by atoms with Crippen molar-refractivity contribution in [2.75, 3.05) is 115 Å². The SMILES string of the molecule is CCCCOc1c2n(cc(C(=O)NCc3c(F)cc(F)cc3F)c1=O)N1CCC(OC)CCN(C1)C2=O.CCCCOc1c2n(cc(C(=O)NCc3c(F)cc(F)cc3F)c1=O)N1CCC(OC)CCN(C1)C2=O.CCCCOc1c2n(cc(C(=O)NCc3c(F)cc(F)cc3F)c1=O)N1CCC(OC)CCN(C1)C2=O. The van der Waals surface area contributed by atoms with Crippen molar-refractivity contribution < 1.29 is 96.7 Å². The molecule has 12 rings (SSSR count). The molecule has 111 heavy (non-hydrogen) atoms. The Morgan fingerprint density at radius 2 is 0.613 bits per heavy atom. The van der Waals surface area contributed by atoms with Crippen molar-refractivity contribution in [2.24, 2.45) is 0 Å². The van der Waals surface area contributed by atoms with Crippen LogP contribution >= 0.6 is 0 Å². The number of fused-ring (bicyclic) bond motifs is 12. The highest BCUT2D eigenvalue weighted by Crippen LogP contribution is 2.31. The molecule has 6 aromatic rings. The molecule has 27 nitrogen and oxygen atoms in total. The molecule has 3 N–H and O–H groups in total. The van der Waals surface area contributed by atoms with Crippen molar-refractivity contribution in [3.8, 4) is 17.2 Å². The summed E-state index contributed by atoms with van der Waals surface area (Å²) in [5.74, 6) is -15.0. The molecule has 0 saturated carbocycles. The minimum absolute atomic E-state index is 0.0235. The molecule has 0 aliphatic carbocycles. The second-order valence-electron chi connectivity index (χ2n) is 27.0. The summed E-state index contributed by atoms with van der Waals surface area (Å²) in [6, 6.07) is 3.03. The molecule has 0 spiro atoms. The van der Waals surface area contributed by atoms with E-state index in [-0.39, 0.29) is 109 Å². The molecule has 36 heteroatoms. The number of nitrogens with one attached hydrogen (secondary N) is 3. The molecular weight excluding hydrogens is 1480 g/mol. The molecule has 3 saturated heterocycles. The smallest absolute Gasteiger partial charge is 0.277 e. The van der Waals surface area contributed by atoms with Gasteiger partial charge in [-0.15, -0.1) is 0 Å². The van der Waals surface area contributed by atoms with Crippen LogP contribution in [0.15, 0.2) is 69.4 Å². The summed E-state index contributed by atoms with van der Waals surface area (Å²) in [5, 5.41) is 12.4. The Balaban J connectivity index is 0.000000177. The maximum absolute atomic E-state index is 14.0. The normalized spacial score (nSPS) is 17.2. The topological polar surface area (TPSA) is 279 Å². The number of ether oxygens (including phenoxy) is 6. The van der Waals surface area contributed by atoms with Gasteiger partial charge in [0, 0.05) is 152 Å². The summed E-state index contributed by atoms with van der Waals surface area (Å²) >= 11 is 0. The molecule has 6 aliphatic rings. The van der Waals surface area contributed by atoms with E-state index < -0.39 is 140 Å². The fourth-order valence-electron chi connectivity index (χ4n) is 13.3. The molecule has 0 radical (unpaired) electrons. The number of amides is 6. The lowest BCUT2D eigenvalue weighted by atomic mass is 10.1. The first-order valence-corrected chi connectivity index (χ1v) is 36.5. The number of pyridine rings is 3. The predicted molar refractivity (Wildman–Crippen MR) is 383 cm³/mol. The number of aromatic nitrogens is 3. The number of carbonyl (C=O) groups excluding carboxylic acids is 6. The third kappa shape index (κ3) is 18.9. The summed E-state index contributed by atoms with van der Waals surface area (Å²) in [4.78, 5) is 124. The van der Waals surface area contributed by atoms with E-state index in [0.29, 0.717) is 133 Å². The molecule has 3 fully saturated rings. The van der Waals surface area contributed by atoms with Gasteiger partial charge in [-0.3, -0.25) is 72.2 Å². The standard InChI is InChI=1S/3C25H29F3N4O5/c3*1-3-4-9-37-23-21-25(35)30-7-5-16(36-2)6-8-31(14-30)32(21)13-18(22(23)33)24(34)29-12-17-19(27)10-15(26)11-20(17)28/h3*10-11,13,16H,3-9,12,14H2,1-2H3,(H,29,34). The lowest BCUT2D eigenvalue weighted by Gasteiger charge is -2.42. The van der Waals surface area contributed by atoms with Gasteiger partial charge in [-0.05, 0) is 57.8 Å². The number of rotatable bonds is 24. The van der Waals surface area contributed by atoms with Gasteiger partial charge in [-0.1, -0.05) is 40.0 Å². The first-order chi connectivity index (χ1) is 53.2. The van der Waals surface area contributed by atoms with Crippen LogP contribution in [0, 0.1) is 52.4 Å². The zero-order valence-corrected chi connectivity index (χ0v) is 62.1. The van der Waals surface area contributed by atoms with Gasteiger partial charge in [0.25, 0.3) is 35.4 Å². The third-order valence-electron chi connectivity index (χ3n) is 19.7. The van der Waals surface area contributed by atoms with E-state index >= 15 is 0 Å². The number of carbonyl (C=O) groups is 6. The summed E-state index contributed by atoms with van der Waals surface area (Å²) in [5.41, 5.74) is -5.06. The molecule has 9 heterocycles. The number of unbranched alkanes of at least 4 members (excludes halogenated alkanes) is 3. The average molecular weight is 1570 g/mol. The van der Waals surface area contributed by atoms with Crippen LogP contribution in [0.4, 0.5) is 39.5 Å². The monoisotopic (exact) mass is 1570 g/mol. The molecule has 3 atom stereocenters. The number of methoxy groups -OCH3 is 3. The molecule has 6 amide bonds. The van der Waals surface area contributed by atoms with E-state index in [1.165, 1.54) is 32.6 Å². The van der Waals surface area contributed by atoms with Crippen LogP contribution in [0.2, 0.25) is 0 Å². The van der Waals surface area contributed by atoms with Crippen LogP contribution in [-0.4, -0.2) is 183 Å². The summed E-state index contributed by atoms with van der Waals surface area (Å²) in [7, 11) is 4.82. The fraction of sp³-hybridized carbons (Fsp3) is 0.480. The van der Waals surface area contributed by atoms with Gasteiger partial charge < -0.3 is 59.1 Å². The number of benzene rings is 3. The van der Waals surface area contributed by atoms with E-state index in [2.05, 4.69) is 16.0 Å². The van der Waals surface area contributed by atoms with Crippen molar-refractivity contribution in [3.05, 3.63) is 188 Å². The zero-order valence-electron chi connectivity index (χ0n) is 62.1. The largest absolute Gasteiger partial charge is 0.487 e. The minimum Gasteiger partial charge on any atom is -0.487 e. The number of hydrogen-bond donors (Lipinski definition) is 3. The highest BCUT2D eigenvalue weighted by Gasteiger charge is 2.41. The summed E-state index contributed by atoms with van der Waals surface area (Å²) in [6.07, 6.45) is 11.6. The summed E-state index contributed by atoms with van der Waals surface area (Å²) < 4.78 is 162. The van der Waals surface area contributed by atoms with Gasteiger partial charge in [0.1, 0.15) is 89.1 Å². The van der Waals surface area contributed by atoms with Gasteiger partial charge in [-0.2, -0.15) is 0 Å². The van der Waals surface area contributed by atoms with Gasteiger partial charge in [0.2, 0.25) is 16.3 Å². The molecule has 3 unspecified atom stereocenters. The second kappa shape index (κ2) is 37.4. The first-order valence-electron chi connectivity index (χ1n) is 36.5. The van der Waals surface area contributed by atoms with Crippen LogP contribution in [-0.2, 0) is 33.8 Å². The van der Waals surface area contributed by atoms with E-state index in [1.54, 1.807) is 36.0 Å².